The van der Waals surface area contributed by atoms with E-state index in [1.165, 1.54) is 6.21 Å². The third-order valence-corrected chi connectivity index (χ3v) is 3.90. The van der Waals surface area contributed by atoms with Gasteiger partial charge in [-0.15, -0.1) is 0 Å². The molecular weight excluding hydrogens is 392 g/mol. The number of hydrazone groups is 1. The van der Waals surface area contributed by atoms with Crippen molar-refractivity contribution in [3.05, 3.63) is 95.0 Å². The summed E-state index contributed by atoms with van der Waals surface area (Å²) in [7, 11) is 0. The summed E-state index contributed by atoms with van der Waals surface area (Å²) in [5.41, 5.74) is 3.57. The maximum atomic E-state index is 12.0. The van der Waals surface area contributed by atoms with Gasteiger partial charge in [0.25, 0.3) is 5.91 Å². The number of amides is 1. The summed E-state index contributed by atoms with van der Waals surface area (Å²) in [6.45, 7) is -0.188. The molecule has 0 atom stereocenters. The Balaban J connectivity index is 1.46. The van der Waals surface area contributed by atoms with Crippen LogP contribution in [0, 0.1) is 0 Å². The first-order chi connectivity index (χ1) is 14.1. The second-order valence-electron chi connectivity index (χ2n) is 5.86. The monoisotopic (exact) mass is 408 g/mol. The van der Waals surface area contributed by atoms with Crippen molar-refractivity contribution in [3.63, 3.8) is 0 Å². The largest absolute Gasteiger partial charge is 0.484 e. The number of carbonyl (C=O) groups is 2. The predicted molar refractivity (Wildman–Crippen MR) is 111 cm³/mol. The van der Waals surface area contributed by atoms with Crippen LogP contribution < -0.4 is 14.9 Å². The highest BCUT2D eigenvalue weighted by atomic mass is 35.5. The van der Waals surface area contributed by atoms with Crippen molar-refractivity contribution >= 4 is 29.7 Å². The lowest BCUT2D eigenvalue weighted by Crippen LogP contribution is -2.24. The summed E-state index contributed by atoms with van der Waals surface area (Å²) in [4.78, 5) is 23.8. The van der Waals surface area contributed by atoms with Crippen molar-refractivity contribution in [2.75, 3.05) is 6.61 Å². The van der Waals surface area contributed by atoms with E-state index in [0.717, 1.165) is 5.56 Å². The number of ether oxygens (including phenoxy) is 2. The fourth-order valence-electron chi connectivity index (χ4n) is 2.28. The SMILES string of the molecule is O=C(COc1cccc(Cl)c1)N/N=C\c1ccc(OC(=O)c2ccccc2)cc1. The molecule has 0 aliphatic heterocycles. The Hall–Kier alpha value is -3.64. The minimum Gasteiger partial charge on any atom is -0.484 e. The molecule has 0 heterocycles. The van der Waals surface area contributed by atoms with Gasteiger partial charge in [0.1, 0.15) is 11.5 Å². The van der Waals surface area contributed by atoms with Crippen LogP contribution in [0.4, 0.5) is 0 Å². The van der Waals surface area contributed by atoms with E-state index in [1.807, 2.05) is 6.07 Å². The summed E-state index contributed by atoms with van der Waals surface area (Å²) in [6, 6.07) is 22.2. The van der Waals surface area contributed by atoms with Gasteiger partial charge in [0.2, 0.25) is 0 Å². The van der Waals surface area contributed by atoms with E-state index in [4.69, 9.17) is 21.1 Å². The molecule has 0 spiro atoms. The van der Waals surface area contributed by atoms with Crippen molar-refractivity contribution in [2.45, 2.75) is 0 Å². The van der Waals surface area contributed by atoms with Crippen LogP contribution in [0.3, 0.4) is 0 Å². The van der Waals surface area contributed by atoms with Crippen LogP contribution in [0.25, 0.3) is 0 Å². The minimum absolute atomic E-state index is 0.188. The third-order valence-electron chi connectivity index (χ3n) is 3.67. The number of esters is 1. The first-order valence-electron chi connectivity index (χ1n) is 8.68. The first kappa shape index (κ1) is 20.1. The molecule has 0 aromatic heterocycles. The Labute approximate surface area is 172 Å². The van der Waals surface area contributed by atoms with Crippen LogP contribution in [0.5, 0.6) is 11.5 Å². The van der Waals surface area contributed by atoms with Crippen molar-refractivity contribution in [1.29, 1.82) is 0 Å². The van der Waals surface area contributed by atoms with Gasteiger partial charge >= 0.3 is 5.97 Å². The van der Waals surface area contributed by atoms with Gasteiger partial charge in [-0.05, 0) is 60.2 Å². The van der Waals surface area contributed by atoms with Gasteiger partial charge in [0.15, 0.2) is 6.61 Å². The van der Waals surface area contributed by atoms with Gasteiger partial charge in [-0.25, -0.2) is 10.2 Å². The average molecular weight is 409 g/mol. The molecule has 0 unspecified atom stereocenters. The van der Waals surface area contributed by atoms with Gasteiger partial charge in [0.05, 0.1) is 11.8 Å². The summed E-state index contributed by atoms with van der Waals surface area (Å²) in [5.74, 6) is 0.0702. The average Bonchev–Trinajstić information content (AvgIpc) is 2.74. The van der Waals surface area contributed by atoms with Crippen molar-refractivity contribution in [3.8, 4) is 11.5 Å². The lowest BCUT2D eigenvalue weighted by atomic mass is 10.2. The number of hydrogen-bond acceptors (Lipinski definition) is 5. The van der Waals surface area contributed by atoms with Crippen molar-refractivity contribution in [2.24, 2.45) is 5.10 Å². The van der Waals surface area contributed by atoms with E-state index >= 15 is 0 Å². The summed E-state index contributed by atoms with van der Waals surface area (Å²) >= 11 is 5.85. The Morgan fingerprint density at radius 3 is 2.41 bits per heavy atom. The number of benzene rings is 3. The normalized spacial score (nSPS) is 10.5. The molecule has 0 radical (unpaired) electrons. The zero-order chi connectivity index (χ0) is 20.5. The summed E-state index contributed by atoms with van der Waals surface area (Å²) < 4.78 is 10.6. The molecule has 0 aliphatic rings. The fourth-order valence-corrected chi connectivity index (χ4v) is 2.46. The molecule has 6 nitrogen and oxygen atoms in total. The van der Waals surface area contributed by atoms with Crippen molar-refractivity contribution < 1.29 is 19.1 Å². The number of halogens is 1. The topological polar surface area (TPSA) is 77.0 Å². The summed E-state index contributed by atoms with van der Waals surface area (Å²) in [6.07, 6.45) is 1.47. The quantitative estimate of drug-likeness (QED) is 0.276. The molecule has 3 aromatic rings. The van der Waals surface area contributed by atoms with Gasteiger partial charge in [0, 0.05) is 5.02 Å². The van der Waals surface area contributed by atoms with E-state index in [-0.39, 0.29) is 6.61 Å². The number of nitrogens with one attached hydrogen (secondary N) is 1. The molecule has 0 fully saturated rings. The minimum atomic E-state index is -0.431. The predicted octanol–water partition coefficient (Wildman–Crippen LogP) is 4.09. The van der Waals surface area contributed by atoms with E-state index < -0.39 is 11.9 Å². The van der Waals surface area contributed by atoms with Crippen LogP contribution in [0.2, 0.25) is 5.02 Å². The highest BCUT2D eigenvalue weighted by Crippen LogP contribution is 2.17. The Kier molecular flexibility index (Phi) is 6.97. The smallest absolute Gasteiger partial charge is 0.343 e. The van der Waals surface area contributed by atoms with E-state index in [2.05, 4.69) is 10.5 Å². The maximum Gasteiger partial charge on any atom is 0.343 e. The lowest BCUT2D eigenvalue weighted by molar-refractivity contribution is -0.123. The highest BCUT2D eigenvalue weighted by molar-refractivity contribution is 6.30. The van der Waals surface area contributed by atoms with Crippen LogP contribution in [0.15, 0.2) is 84.0 Å². The number of nitrogens with zero attached hydrogens (tertiary/aromatic N) is 1. The molecule has 0 saturated heterocycles. The molecule has 146 valence electrons. The van der Waals surface area contributed by atoms with Crippen LogP contribution in [0.1, 0.15) is 15.9 Å². The van der Waals surface area contributed by atoms with Gasteiger partial charge < -0.3 is 9.47 Å². The highest BCUT2D eigenvalue weighted by Gasteiger charge is 2.07. The maximum absolute atomic E-state index is 12.0. The standard InChI is InChI=1S/C22H17ClN2O4/c23-18-7-4-8-20(13-18)28-15-21(26)25-24-14-16-9-11-19(12-10-16)29-22(27)17-5-2-1-3-6-17/h1-14H,15H2,(H,25,26)/b24-14-. The molecule has 29 heavy (non-hydrogen) atoms. The number of carbonyl (C=O) groups excluding carboxylic acids is 2. The first-order valence-corrected chi connectivity index (χ1v) is 9.05. The molecule has 0 aliphatic carbocycles. The van der Waals surface area contributed by atoms with E-state index in [0.29, 0.717) is 22.1 Å². The lowest BCUT2D eigenvalue weighted by Gasteiger charge is -2.05. The zero-order valence-electron chi connectivity index (χ0n) is 15.2. The fraction of sp³-hybridized carbons (Fsp3) is 0.0455. The van der Waals surface area contributed by atoms with Gasteiger partial charge in [-0.3, -0.25) is 4.79 Å². The number of hydrogen-bond donors (Lipinski definition) is 1. The second kappa shape index (κ2) is 10.1. The summed E-state index contributed by atoms with van der Waals surface area (Å²) in [5, 5.41) is 4.40. The molecule has 1 N–H and O–H groups in total. The van der Waals surface area contributed by atoms with Crippen LogP contribution in [-0.4, -0.2) is 24.7 Å². The Morgan fingerprint density at radius 2 is 1.69 bits per heavy atom. The number of rotatable bonds is 7. The Morgan fingerprint density at radius 1 is 0.931 bits per heavy atom. The van der Waals surface area contributed by atoms with Crippen LogP contribution in [-0.2, 0) is 4.79 Å². The second-order valence-corrected chi connectivity index (χ2v) is 6.30. The Bertz CT molecular complexity index is 1000. The molecule has 0 saturated carbocycles. The van der Waals surface area contributed by atoms with E-state index in [1.54, 1.807) is 72.8 Å². The molecule has 0 bridgehead atoms. The molecule has 1 amide bonds. The van der Waals surface area contributed by atoms with Crippen molar-refractivity contribution in [1.82, 2.24) is 5.43 Å². The molecule has 3 rings (SSSR count). The molecule has 3 aromatic carbocycles. The molecule has 7 heteroatoms. The zero-order valence-corrected chi connectivity index (χ0v) is 16.0. The van der Waals surface area contributed by atoms with Crippen LogP contribution >= 0.6 is 11.6 Å². The van der Waals surface area contributed by atoms with Gasteiger partial charge in [-0.1, -0.05) is 35.9 Å². The van der Waals surface area contributed by atoms with E-state index in [9.17, 15) is 9.59 Å². The molecular formula is C22H17ClN2O4. The van der Waals surface area contributed by atoms with Gasteiger partial charge in [-0.2, -0.15) is 5.10 Å². The third kappa shape index (κ3) is 6.48.